The minimum absolute atomic E-state index is 0.0388. The van der Waals surface area contributed by atoms with Crippen LogP contribution in [0.15, 0.2) is 35.5 Å². The van der Waals surface area contributed by atoms with Gasteiger partial charge in [-0.25, -0.2) is 4.79 Å². The van der Waals surface area contributed by atoms with Crippen molar-refractivity contribution < 1.29 is 9.53 Å². The van der Waals surface area contributed by atoms with Crippen LogP contribution in [0, 0.1) is 4.91 Å². The van der Waals surface area contributed by atoms with Crippen molar-refractivity contribution in [1.82, 2.24) is 10.2 Å². The van der Waals surface area contributed by atoms with Gasteiger partial charge < -0.3 is 4.74 Å². The third kappa shape index (κ3) is 1.92. The molecule has 0 saturated carbocycles. The highest BCUT2D eigenvalue weighted by Gasteiger charge is 2.21. The van der Waals surface area contributed by atoms with Gasteiger partial charge in [0.2, 0.25) is 0 Å². The number of hydrogen-bond donors (Lipinski definition) is 1. The van der Waals surface area contributed by atoms with Crippen LogP contribution in [0.2, 0.25) is 0 Å². The van der Waals surface area contributed by atoms with Crippen LogP contribution < -0.4 is 0 Å². The van der Waals surface area contributed by atoms with Crippen molar-refractivity contribution in [3.05, 3.63) is 40.9 Å². The smallest absolute Gasteiger partial charge is 0.358 e. The largest absolute Gasteiger partial charge is 0.464 e. The fraction of sp³-hybridized carbons (Fsp3) is 0.0909. The average molecular weight is 231 g/mol. The Morgan fingerprint density at radius 2 is 2.06 bits per heavy atom. The Bertz CT molecular complexity index is 548. The quantitative estimate of drug-likeness (QED) is 0.648. The molecule has 1 aromatic heterocycles. The fourth-order valence-corrected chi connectivity index (χ4v) is 1.47. The standard InChI is InChI=1S/C11H9N3O3/c1-17-11(15)10-9(14-16)8(12-13-10)7-5-3-2-4-6-7/h2-6H,1H3,(H,12,13). The summed E-state index contributed by atoms with van der Waals surface area (Å²) < 4.78 is 4.52. The van der Waals surface area contributed by atoms with Gasteiger partial charge in [0.15, 0.2) is 11.4 Å². The van der Waals surface area contributed by atoms with Crippen LogP contribution in [-0.4, -0.2) is 23.3 Å². The lowest BCUT2D eigenvalue weighted by molar-refractivity contribution is 0.0595. The number of carbonyl (C=O) groups is 1. The molecule has 17 heavy (non-hydrogen) atoms. The van der Waals surface area contributed by atoms with E-state index in [2.05, 4.69) is 20.1 Å². The Kier molecular flexibility index (Phi) is 2.95. The van der Waals surface area contributed by atoms with Crippen molar-refractivity contribution in [1.29, 1.82) is 0 Å². The van der Waals surface area contributed by atoms with Crippen molar-refractivity contribution in [2.75, 3.05) is 7.11 Å². The van der Waals surface area contributed by atoms with E-state index in [4.69, 9.17) is 0 Å². The van der Waals surface area contributed by atoms with Gasteiger partial charge in [0.05, 0.1) is 7.11 Å². The maximum Gasteiger partial charge on any atom is 0.358 e. The van der Waals surface area contributed by atoms with E-state index < -0.39 is 5.97 Å². The van der Waals surface area contributed by atoms with Gasteiger partial charge in [0.1, 0.15) is 5.69 Å². The third-order valence-electron chi connectivity index (χ3n) is 2.27. The Hall–Kier alpha value is -2.50. The normalized spacial score (nSPS) is 9.94. The van der Waals surface area contributed by atoms with E-state index in [1.165, 1.54) is 7.11 Å². The maximum atomic E-state index is 11.3. The minimum Gasteiger partial charge on any atom is -0.464 e. The summed E-state index contributed by atoms with van der Waals surface area (Å²) in [5, 5.41) is 9.19. The van der Waals surface area contributed by atoms with Gasteiger partial charge in [-0.2, -0.15) is 5.10 Å². The highest BCUT2D eigenvalue weighted by atomic mass is 16.5. The van der Waals surface area contributed by atoms with Crippen molar-refractivity contribution in [2.24, 2.45) is 5.18 Å². The Morgan fingerprint density at radius 1 is 1.35 bits per heavy atom. The highest BCUT2D eigenvalue weighted by molar-refractivity contribution is 5.96. The number of H-pyrrole nitrogens is 1. The molecule has 0 atom stereocenters. The molecule has 86 valence electrons. The number of methoxy groups -OCH3 is 1. The Balaban J connectivity index is 2.54. The second kappa shape index (κ2) is 4.56. The zero-order valence-corrected chi connectivity index (χ0v) is 9.01. The second-order valence-electron chi connectivity index (χ2n) is 3.24. The fourth-order valence-electron chi connectivity index (χ4n) is 1.47. The first-order valence-electron chi connectivity index (χ1n) is 4.83. The number of rotatable bonds is 3. The monoisotopic (exact) mass is 231 g/mol. The number of carbonyl (C=O) groups excluding carboxylic acids is 1. The summed E-state index contributed by atoms with van der Waals surface area (Å²) in [4.78, 5) is 22.1. The van der Waals surface area contributed by atoms with Gasteiger partial charge >= 0.3 is 5.97 Å². The predicted molar refractivity (Wildman–Crippen MR) is 60.8 cm³/mol. The van der Waals surface area contributed by atoms with Gasteiger partial charge in [-0.3, -0.25) is 5.10 Å². The number of nitroso groups, excluding NO2 is 1. The number of ether oxygens (including phenoxy) is 1. The molecule has 2 aromatic rings. The number of aromatic nitrogens is 2. The molecule has 0 amide bonds. The summed E-state index contributed by atoms with van der Waals surface area (Å²) in [7, 11) is 1.22. The van der Waals surface area contributed by atoms with E-state index >= 15 is 0 Å². The molecule has 6 nitrogen and oxygen atoms in total. The highest BCUT2D eigenvalue weighted by Crippen LogP contribution is 2.31. The molecule has 6 heteroatoms. The molecule has 1 heterocycles. The van der Waals surface area contributed by atoms with Crippen LogP contribution in [0.5, 0.6) is 0 Å². The molecule has 0 aliphatic rings. The molecule has 0 aliphatic heterocycles. The molecule has 1 N–H and O–H groups in total. The van der Waals surface area contributed by atoms with Gasteiger partial charge in [-0.15, -0.1) is 4.91 Å². The summed E-state index contributed by atoms with van der Waals surface area (Å²) >= 11 is 0. The number of benzene rings is 1. The third-order valence-corrected chi connectivity index (χ3v) is 2.27. The number of nitrogens with one attached hydrogen (secondary N) is 1. The first-order valence-corrected chi connectivity index (χ1v) is 4.83. The zero-order valence-electron chi connectivity index (χ0n) is 9.01. The lowest BCUT2D eigenvalue weighted by Gasteiger charge is -1.97. The summed E-state index contributed by atoms with van der Waals surface area (Å²) in [6.07, 6.45) is 0. The molecule has 0 saturated heterocycles. The molecule has 0 aliphatic carbocycles. The summed E-state index contributed by atoms with van der Waals surface area (Å²) in [5.41, 5.74) is 0.957. The van der Waals surface area contributed by atoms with Crippen LogP contribution in [0.4, 0.5) is 5.69 Å². The van der Waals surface area contributed by atoms with Crippen LogP contribution in [-0.2, 0) is 4.74 Å². The molecule has 0 fully saturated rings. The molecular weight excluding hydrogens is 222 g/mol. The van der Waals surface area contributed by atoms with Gasteiger partial charge in [-0.1, -0.05) is 30.3 Å². The maximum absolute atomic E-state index is 11.3. The Labute approximate surface area is 96.6 Å². The van der Waals surface area contributed by atoms with Crippen molar-refractivity contribution in [2.45, 2.75) is 0 Å². The number of hydrogen-bond acceptors (Lipinski definition) is 5. The van der Waals surface area contributed by atoms with Gasteiger partial charge in [0, 0.05) is 5.56 Å². The number of nitrogens with zero attached hydrogens (tertiary/aromatic N) is 2. The zero-order chi connectivity index (χ0) is 12.3. The van der Waals surface area contributed by atoms with Crippen LogP contribution >= 0.6 is 0 Å². The Morgan fingerprint density at radius 3 is 2.65 bits per heavy atom. The van der Waals surface area contributed by atoms with E-state index in [9.17, 15) is 9.70 Å². The molecule has 0 radical (unpaired) electrons. The van der Waals surface area contributed by atoms with Crippen LogP contribution in [0.3, 0.4) is 0 Å². The lowest BCUT2D eigenvalue weighted by atomic mass is 10.1. The van der Waals surface area contributed by atoms with Crippen LogP contribution in [0.25, 0.3) is 11.3 Å². The van der Waals surface area contributed by atoms with E-state index in [-0.39, 0.29) is 11.4 Å². The minimum atomic E-state index is -0.672. The van der Waals surface area contributed by atoms with Gasteiger partial charge in [-0.05, 0) is 5.18 Å². The average Bonchev–Trinajstić information content (AvgIpc) is 2.82. The first-order chi connectivity index (χ1) is 8.27. The molecule has 2 rings (SSSR count). The predicted octanol–water partition coefficient (Wildman–Crippen LogP) is 2.26. The summed E-state index contributed by atoms with van der Waals surface area (Å²) in [6, 6.07) is 8.98. The van der Waals surface area contributed by atoms with Crippen molar-refractivity contribution in [3.8, 4) is 11.3 Å². The van der Waals surface area contributed by atoms with E-state index in [0.717, 1.165) is 0 Å². The lowest BCUT2D eigenvalue weighted by Crippen LogP contribution is -2.01. The molecular formula is C11H9N3O3. The van der Waals surface area contributed by atoms with E-state index in [1.54, 1.807) is 24.3 Å². The second-order valence-corrected chi connectivity index (χ2v) is 3.24. The van der Waals surface area contributed by atoms with E-state index in [1.807, 2.05) is 6.07 Å². The van der Waals surface area contributed by atoms with Crippen molar-refractivity contribution >= 4 is 11.7 Å². The molecule has 0 bridgehead atoms. The van der Waals surface area contributed by atoms with Crippen molar-refractivity contribution in [3.63, 3.8) is 0 Å². The summed E-state index contributed by atoms with van der Waals surface area (Å²) in [5.74, 6) is -0.672. The van der Waals surface area contributed by atoms with E-state index in [0.29, 0.717) is 11.3 Å². The first kappa shape index (κ1) is 11.0. The summed E-state index contributed by atoms with van der Waals surface area (Å²) in [6.45, 7) is 0. The molecule has 0 unspecified atom stereocenters. The number of aromatic amines is 1. The van der Waals surface area contributed by atoms with Crippen LogP contribution in [0.1, 0.15) is 10.5 Å². The van der Waals surface area contributed by atoms with Gasteiger partial charge in [0.25, 0.3) is 0 Å². The number of esters is 1. The SMILES string of the molecule is COC(=O)c1[nH]nc(-c2ccccc2)c1N=O. The molecule has 1 aromatic carbocycles. The molecule has 0 spiro atoms. The topological polar surface area (TPSA) is 84.4 Å².